The third kappa shape index (κ3) is 22.7. The summed E-state index contributed by atoms with van der Waals surface area (Å²) in [6.07, 6.45) is 4.35. The molecule has 0 aliphatic heterocycles. The number of aromatic carboxylic acids is 2. The number of aliphatic hydroxyl groups is 3. The van der Waals surface area contributed by atoms with Crippen molar-refractivity contribution in [2.24, 2.45) is 16.2 Å². The van der Waals surface area contributed by atoms with Gasteiger partial charge in [-0.05, 0) is 148 Å². The largest absolute Gasteiger partial charge is 0.478 e. The van der Waals surface area contributed by atoms with Crippen LogP contribution in [0.1, 0.15) is 204 Å². The zero-order valence-corrected chi connectivity index (χ0v) is 57.5. The maximum atomic E-state index is 13.9. The van der Waals surface area contributed by atoms with Gasteiger partial charge in [0.1, 0.15) is 65.1 Å². The summed E-state index contributed by atoms with van der Waals surface area (Å²) in [5.41, 5.74) is -6.95. The highest BCUT2D eigenvalue weighted by atomic mass is 16.6. The lowest BCUT2D eigenvalue weighted by Gasteiger charge is -2.44. The predicted octanol–water partition coefficient (Wildman–Crippen LogP) is 9.66. The minimum Gasteiger partial charge on any atom is -0.478 e. The monoisotopic (exact) mass is 1430 g/mol. The molecule has 6 aromatic rings. The van der Waals surface area contributed by atoms with Crippen molar-refractivity contribution in [3.63, 3.8) is 0 Å². The van der Waals surface area contributed by atoms with Crippen LogP contribution in [0.2, 0.25) is 0 Å². The Kier molecular flexibility index (Phi) is 30.3. The van der Waals surface area contributed by atoms with Gasteiger partial charge in [-0.15, -0.1) is 0 Å². The van der Waals surface area contributed by atoms with Crippen LogP contribution in [-0.2, 0) is 47.4 Å². The number of ether oxygens (including phenoxy) is 10. The predicted molar refractivity (Wildman–Crippen MR) is 363 cm³/mol. The third-order valence-corrected chi connectivity index (χ3v) is 17.3. The summed E-state index contributed by atoms with van der Waals surface area (Å²) in [5, 5.41) is 49.6. The first-order valence-electron chi connectivity index (χ1n) is 32.9. The molecule has 0 spiro atoms. The molecule has 0 amide bonds. The van der Waals surface area contributed by atoms with E-state index in [1.54, 1.807) is 32.0 Å². The van der Waals surface area contributed by atoms with Gasteiger partial charge < -0.3 is 72.9 Å². The molecule has 2 atom stereocenters. The average Bonchev–Trinajstić information content (AvgIpc) is 0.777. The van der Waals surface area contributed by atoms with Gasteiger partial charge in [-0.1, -0.05) is 76.8 Å². The van der Waals surface area contributed by atoms with E-state index in [1.807, 2.05) is 0 Å². The Morgan fingerprint density at radius 2 is 0.670 bits per heavy atom. The molecule has 0 heterocycles. The highest BCUT2D eigenvalue weighted by Crippen LogP contribution is 2.40. The summed E-state index contributed by atoms with van der Waals surface area (Å²) in [5.74, 6) is -11.8. The Morgan fingerprint density at radius 1 is 0.320 bits per heavy atom. The summed E-state index contributed by atoms with van der Waals surface area (Å²) in [6, 6.07) is 31.8. The van der Waals surface area contributed by atoms with Gasteiger partial charge in [0, 0.05) is 0 Å². The summed E-state index contributed by atoms with van der Waals surface area (Å²) in [7, 11) is 0. The molecular formula is C76H82O27. The van der Waals surface area contributed by atoms with Crippen molar-refractivity contribution in [1.29, 1.82) is 0 Å². The van der Waals surface area contributed by atoms with Crippen LogP contribution >= 0.6 is 0 Å². The first kappa shape index (κ1) is 80.8. The first-order valence-corrected chi connectivity index (χ1v) is 32.9. The van der Waals surface area contributed by atoms with Crippen molar-refractivity contribution in [1.82, 2.24) is 0 Å². The molecule has 103 heavy (non-hydrogen) atoms. The minimum absolute atomic E-state index is 0.0000117. The van der Waals surface area contributed by atoms with E-state index in [1.165, 1.54) is 123 Å². The molecule has 0 bridgehead atoms. The maximum absolute atomic E-state index is 13.9. The van der Waals surface area contributed by atoms with E-state index < -0.39 is 156 Å². The quantitative estimate of drug-likeness (QED) is 0.0136. The molecule has 0 saturated heterocycles. The second-order valence-corrected chi connectivity index (χ2v) is 24.6. The smallest absolute Gasteiger partial charge is 0.339 e. The summed E-state index contributed by atoms with van der Waals surface area (Å²) in [4.78, 5) is 155. The number of carboxylic acids is 2. The van der Waals surface area contributed by atoms with E-state index in [4.69, 9.17) is 47.4 Å². The zero-order valence-electron chi connectivity index (χ0n) is 57.5. The van der Waals surface area contributed by atoms with Crippen LogP contribution in [0.5, 0.6) is 0 Å². The van der Waals surface area contributed by atoms with Gasteiger partial charge in [-0.3, -0.25) is 0 Å². The van der Waals surface area contributed by atoms with Crippen LogP contribution in [-0.4, -0.2) is 182 Å². The van der Waals surface area contributed by atoms with E-state index in [0.717, 1.165) is 43.9 Å². The molecule has 6 rings (SSSR count). The number of hydrogen-bond acceptors (Lipinski definition) is 25. The highest BCUT2D eigenvalue weighted by Gasteiger charge is 2.50. The topological polar surface area (TPSA) is 398 Å². The molecule has 548 valence electrons. The number of benzene rings is 6. The van der Waals surface area contributed by atoms with Crippen LogP contribution in [0.3, 0.4) is 0 Å². The second-order valence-electron chi connectivity index (χ2n) is 24.6. The normalized spacial score (nSPS) is 12.3. The highest BCUT2D eigenvalue weighted by molar-refractivity contribution is 6.05. The van der Waals surface area contributed by atoms with E-state index >= 15 is 0 Å². The Bertz CT molecular complexity index is 3960. The van der Waals surface area contributed by atoms with E-state index in [9.17, 15) is 83.1 Å². The molecule has 0 aliphatic rings. The van der Waals surface area contributed by atoms with Gasteiger partial charge >= 0.3 is 71.6 Å². The number of carboxylic acid groups (broad SMARTS) is 2. The van der Waals surface area contributed by atoms with E-state index in [2.05, 4.69) is 6.92 Å². The average molecular weight is 1430 g/mol. The molecule has 27 heteroatoms. The molecule has 6 aromatic carbocycles. The molecule has 0 fully saturated rings. The van der Waals surface area contributed by atoms with Gasteiger partial charge in [0.05, 0.1) is 103 Å². The van der Waals surface area contributed by atoms with Gasteiger partial charge in [-0.2, -0.15) is 0 Å². The summed E-state index contributed by atoms with van der Waals surface area (Å²) < 4.78 is 54.9. The number of carbonyl (C=O) groups excluding carboxylic acids is 10. The number of carbonyl (C=O) groups is 12. The van der Waals surface area contributed by atoms with Crippen molar-refractivity contribution >= 4 is 71.6 Å². The fourth-order valence-corrected chi connectivity index (χ4v) is 10.1. The number of hydrogen-bond donors (Lipinski definition) is 5. The van der Waals surface area contributed by atoms with Gasteiger partial charge in [0.15, 0.2) is 0 Å². The Morgan fingerprint density at radius 3 is 1.06 bits per heavy atom. The fourth-order valence-electron chi connectivity index (χ4n) is 10.1. The molecule has 27 nitrogen and oxygen atoms in total. The minimum atomic E-state index is -1.67. The summed E-state index contributed by atoms with van der Waals surface area (Å²) >= 11 is 0. The Hall–Kier alpha value is -11.2. The molecule has 0 aromatic heterocycles. The van der Waals surface area contributed by atoms with Crippen molar-refractivity contribution in [2.45, 2.75) is 85.2 Å². The van der Waals surface area contributed by atoms with E-state index in [-0.39, 0.29) is 95.9 Å². The fraction of sp³-hybridized carbons (Fsp3) is 0.368. The van der Waals surface area contributed by atoms with Gasteiger partial charge in [-0.25, -0.2) is 57.5 Å². The number of esters is 10. The van der Waals surface area contributed by atoms with Crippen LogP contribution in [0, 0.1) is 16.2 Å². The number of unbranched alkanes of at least 4 members (excludes halogenated alkanes) is 3. The standard InChI is InChI=1S/C76H82O27/c1-6-9-10-14-33-75(42-78,43-79)46-100-67(88)53-29-25-51(26-30-53)64(85)94-34-36-96-68(89)55-19-15-21-57(38-55)70(91)99-45-74(7-2,41-77)44-98-66(87)52-27-23-50(24-28-52)63(84)95-35-37-97-69(90)56-20-16-22-58(39-56)71(92)103-73(4,5)76(8-3,47-101-65(86)49-17-12-11-13-18-49)48-102-72(93)59-32-31-54(61(80)81)40-60(59)62(82)83/h11-13,15-32,38-40,77-79H,6-10,14,33-37,41-48H2,1-5H3,(H,80,81)(H,82,83). The second kappa shape index (κ2) is 38.6. The van der Waals surface area contributed by atoms with Gasteiger partial charge in [0.2, 0.25) is 0 Å². The van der Waals surface area contributed by atoms with Crippen LogP contribution < -0.4 is 0 Å². The van der Waals surface area contributed by atoms with Crippen LogP contribution in [0.4, 0.5) is 0 Å². The van der Waals surface area contributed by atoms with Gasteiger partial charge in [0.25, 0.3) is 0 Å². The Balaban J connectivity index is 0.939. The van der Waals surface area contributed by atoms with Crippen molar-refractivity contribution in [2.75, 3.05) is 79.3 Å². The SMILES string of the molecule is CCCCCCC(CO)(CO)COC(=O)c1ccc(C(=O)OCCOC(=O)c2cccc(C(=O)OCC(CC)(CO)COC(=O)c3ccc(C(=O)OCCOC(=O)c4cccc(C(=O)OC(C)(C)C(CC)(COC(=O)c5ccccc5)COC(=O)c5ccc(C(=O)O)cc5C(=O)O)c4)cc3)c2)cc1. The van der Waals surface area contributed by atoms with Crippen molar-refractivity contribution in [3.05, 3.63) is 212 Å². The van der Waals surface area contributed by atoms with Crippen LogP contribution in [0.25, 0.3) is 0 Å². The number of aliphatic hydroxyl groups excluding tert-OH is 3. The third-order valence-electron chi connectivity index (χ3n) is 17.3. The van der Waals surface area contributed by atoms with Crippen molar-refractivity contribution in [3.8, 4) is 0 Å². The molecule has 2 unspecified atom stereocenters. The number of rotatable bonds is 40. The van der Waals surface area contributed by atoms with E-state index in [0.29, 0.717) is 6.42 Å². The zero-order chi connectivity index (χ0) is 75.3. The lowest BCUT2D eigenvalue weighted by atomic mass is 9.72. The maximum Gasteiger partial charge on any atom is 0.339 e. The molecule has 5 N–H and O–H groups in total. The van der Waals surface area contributed by atoms with Crippen LogP contribution in [0.15, 0.2) is 146 Å². The molecule has 0 saturated carbocycles. The lowest BCUT2D eigenvalue weighted by Crippen LogP contribution is -2.53. The molecular weight excluding hydrogens is 1340 g/mol. The van der Waals surface area contributed by atoms with Crippen molar-refractivity contribution < 1.29 is 130 Å². The lowest BCUT2D eigenvalue weighted by molar-refractivity contribution is -0.124. The first-order chi connectivity index (χ1) is 49.2. The summed E-state index contributed by atoms with van der Waals surface area (Å²) in [6.45, 7) is 3.28. The molecule has 0 aliphatic carbocycles. The Labute approximate surface area is 592 Å². The molecule has 0 radical (unpaired) electrons.